The number of carbonyl (C=O) groups is 2. The third kappa shape index (κ3) is 5.44. The van der Waals surface area contributed by atoms with Crippen molar-refractivity contribution < 1.29 is 24.4 Å². The molecule has 1 heterocycles. The fourth-order valence-electron chi connectivity index (χ4n) is 3.04. The van der Waals surface area contributed by atoms with Crippen molar-refractivity contribution in [1.82, 2.24) is 4.90 Å². The number of likely N-dealkylation sites (tertiary alicyclic amines) is 1. The van der Waals surface area contributed by atoms with Gasteiger partial charge in [0.15, 0.2) is 0 Å². The van der Waals surface area contributed by atoms with E-state index in [1.165, 1.54) is 24.3 Å². The number of carboxylic acid groups (broad SMARTS) is 1. The zero-order valence-electron chi connectivity index (χ0n) is 14.1. The Balaban J connectivity index is 1.80. The number of aliphatic carboxylic acids is 1. The van der Waals surface area contributed by atoms with Crippen molar-refractivity contribution in [2.24, 2.45) is 11.8 Å². The molecule has 8 heteroatoms. The molecule has 0 saturated carbocycles. The molecule has 1 saturated heterocycles. The van der Waals surface area contributed by atoms with E-state index in [1.54, 1.807) is 4.90 Å². The van der Waals surface area contributed by atoms with Crippen molar-refractivity contribution in [1.29, 1.82) is 0 Å². The first-order valence-electron chi connectivity index (χ1n) is 8.30. The Bertz CT molecular complexity index is 623. The monoisotopic (exact) mass is 350 g/mol. The highest BCUT2D eigenvalue weighted by Crippen LogP contribution is 2.28. The summed E-state index contributed by atoms with van der Waals surface area (Å²) >= 11 is 0. The van der Waals surface area contributed by atoms with Gasteiger partial charge in [-0.1, -0.05) is 6.92 Å². The molecule has 0 aromatic heterocycles. The van der Waals surface area contributed by atoms with Crippen LogP contribution < -0.4 is 4.74 Å². The van der Waals surface area contributed by atoms with E-state index >= 15 is 0 Å². The number of hydrogen-bond acceptors (Lipinski definition) is 5. The van der Waals surface area contributed by atoms with Crippen LogP contribution in [0.4, 0.5) is 10.5 Å². The number of rotatable bonds is 6. The van der Waals surface area contributed by atoms with Crippen LogP contribution in [0.25, 0.3) is 0 Å². The zero-order valence-corrected chi connectivity index (χ0v) is 14.1. The fourth-order valence-corrected chi connectivity index (χ4v) is 3.04. The largest absolute Gasteiger partial charge is 0.481 e. The van der Waals surface area contributed by atoms with Gasteiger partial charge in [-0.05, 0) is 43.2 Å². The topological polar surface area (TPSA) is 110 Å². The van der Waals surface area contributed by atoms with E-state index in [4.69, 9.17) is 9.84 Å². The highest BCUT2D eigenvalue weighted by atomic mass is 16.6. The second-order valence-electron chi connectivity index (χ2n) is 6.35. The number of nitro benzene ring substituents is 1. The predicted molar refractivity (Wildman–Crippen MR) is 89.5 cm³/mol. The van der Waals surface area contributed by atoms with Gasteiger partial charge in [-0.3, -0.25) is 14.9 Å². The predicted octanol–water partition coefficient (Wildman–Crippen LogP) is 3.31. The summed E-state index contributed by atoms with van der Waals surface area (Å²) in [4.78, 5) is 34.5. The van der Waals surface area contributed by atoms with Crippen LogP contribution in [0, 0.1) is 22.0 Å². The molecule has 1 aromatic carbocycles. The van der Waals surface area contributed by atoms with Gasteiger partial charge in [0.2, 0.25) is 0 Å². The number of piperidine rings is 1. The summed E-state index contributed by atoms with van der Waals surface area (Å²) in [5.74, 6) is 0.204. The Hall–Kier alpha value is -2.64. The molecule has 0 spiro atoms. The normalized spacial score (nSPS) is 16.3. The molecule has 1 amide bonds. The smallest absolute Gasteiger partial charge is 0.415 e. The van der Waals surface area contributed by atoms with E-state index in [1.807, 2.05) is 0 Å². The summed E-state index contributed by atoms with van der Waals surface area (Å²) in [6, 6.07) is 5.38. The third-order valence-electron chi connectivity index (χ3n) is 4.67. The second kappa shape index (κ2) is 8.46. The molecule has 1 aliphatic rings. The van der Waals surface area contributed by atoms with E-state index in [0.717, 1.165) is 12.8 Å². The standard InChI is InChI=1S/C17H22N2O6/c1-12(2-7-16(20)21)13-8-10-18(11-9-13)17(22)25-15-5-3-14(4-6-15)19(23)24/h3-6,12-13H,2,7-11H2,1H3,(H,20,21). The number of ether oxygens (including phenoxy) is 1. The van der Waals surface area contributed by atoms with Gasteiger partial charge in [-0.15, -0.1) is 0 Å². The molecule has 1 aromatic rings. The summed E-state index contributed by atoms with van der Waals surface area (Å²) < 4.78 is 5.25. The first-order chi connectivity index (χ1) is 11.9. The molecule has 1 unspecified atom stereocenters. The number of benzene rings is 1. The number of hydrogen-bond donors (Lipinski definition) is 1. The van der Waals surface area contributed by atoms with Gasteiger partial charge in [0.1, 0.15) is 5.75 Å². The molecule has 2 rings (SSSR count). The number of nitrogens with zero attached hydrogens (tertiary/aromatic N) is 2. The Morgan fingerprint density at radius 1 is 1.32 bits per heavy atom. The molecule has 0 bridgehead atoms. The maximum Gasteiger partial charge on any atom is 0.415 e. The molecule has 136 valence electrons. The van der Waals surface area contributed by atoms with Crippen LogP contribution in [0.1, 0.15) is 32.6 Å². The van der Waals surface area contributed by atoms with E-state index in [-0.39, 0.29) is 17.9 Å². The zero-order chi connectivity index (χ0) is 18.4. The van der Waals surface area contributed by atoms with Gasteiger partial charge in [-0.2, -0.15) is 0 Å². The quantitative estimate of drug-likeness (QED) is 0.622. The van der Waals surface area contributed by atoms with Crippen molar-refractivity contribution in [2.45, 2.75) is 32.6 Å². The van der Waals surface area contributed by atoms with E-state index < -0.39 is 17.0 Å². The first kappa shape index (κ1) is 18.7. The fraction of sp³-hybridized carbons (Fsp3) is 0.529. The molecule has 1 aliphatic heterocycles. The average molecular weight is 350 g/mol. The lowest BCUT2D eigenvalue weighted by Gasteiger charge is -2.34. The number of nitro groups is 1. The minimum Gasteiger partial charge on any atom is -0.481 e. The third-order valence-corrected chi connectivity index (χ3v) is 4.67. The number of non-ortho nitro benzene ring substituents is 1. The van der Waals surface area contributed by atoms with Crippen LogP contribution in [0.2, 0.25) is 0 Å². The highest BCUT2D eigenvalue weighted by molar-refractivity contribution is 5.71. The molecular weight excluding hydrogens is 328 g/mol. The summed E-state index contributed by atoms with van der Waals surface area (Å²) in [7, 11) is 0. The van der Waals surface area contributed by atoms with Crippen molar-refractivity contribution in [2.75, 3.05) is 13.1 Å². The van der Waals surface area contributed by atoms with Crippen molar-refractivity contribution >= 4 is 17.7 Å². The molecule has 1 N–H and O–H groups in total. The van der Waals surface area contributed by atoms with Crippen LogP contribution in [0.3, 0.4) is 0 Å². The lowest BCUT2D eigenvalue weighted by Crippen LogP contribution is -2.41. The van der Waals surface area contributed by atoms with Gasteiger partial charge in [-0.25, -0.2) is 4.79 Å². The summed E-state index contributed by atoms with van der Waals surface area (Å²) in [5, 5.41) is 19.4. The summed E-state index contributed by atoms with van der Waals surface area (Å²) in [5.41, 5.74) is -0.0593. The van der Waals surface area contributed by atoms with E-state index in [9.17, 15) is 19.7 Å². The maximum absolute atomic E-state index is 12.2. The Kier molecular flexibility index (Phi) is 6.32. The number of carboxylic acids is 1. The first-order valence-corrected chi connectivity index (χ1v) is 8.30. The van der Waals surface area contributed by atoms with E-state index in [0.29, 0.717) is 31.3 Å². The summed E-state index contributed by atoms with van der Waals surface area (Å²) in [6.45, 7) is 3.18. The SMILES string of the molecule is CC(CCC(=O)O)C1CCN(C(=O)Oc2ccc([N+](=O)[O-])cc2)CC1. The van der Waals surface area contributed by atoms with Gasteiger partial charge >= 0.3 is 12.1 Å². The molecule has 1 atom stereocenters. The number of carbonyl (C=O) groups excluding carboxylic acids is 1. The Morgan fingerprint density at radius 3 is 2.44 bits per heavy atom. The van der Waals surface area contributed by atoms with Crippen LogP contribution in [-0.2, 0) is 4.79 Å². The number of amides is 1. The van der Waals surface area contributed by atoms with Crippen molar-refractivity contribution in [3.05, 3.63) is 34.4 Å². The molecular formula is C17H22N2O6. The summed E-state index contributed by atoms with van der Waals surface area (Å²) in [6.07, 6.45) is 1.98. The van der Waals surface area contributed by atoms with Gasteiger partial charge < -0.3 is 14.7 Å². The van der Waals surface area contributed by atoms with Crippen LogP contribution in [0.15, 0.2) is 24.3 Å². The van der Waals surface area contributed by atoms with E-state index in [2.05, 4.69) is 6.92 Å². The Labute approximate surface area is 145 Å². The second-order valence-corrected chi connectivity index (χ2v) is 6.35. The minimum absolute atomic E-state index is 0.0593. The van der Waals surface area contributed by atoms with Crippen molar-refractivity contribution in [3.63, 3.8) is 0 Å². The minimum atomic E-state index is -0.782. The lowest BCUT2D eigenvalue weighted by atomic mass is 9.83. The van der Waals surface area contributed by atoms with Crippen molar-refractivity contribution in [3.8, 4) is 5.75 Å². The molecule has 8 nitrogen and oxygen atoms in total. The molecule has 25 heavy (non-hydrogen) atoms. The Morgan fingerprint density at radius 2 is 1.92 bits per heavy atom. The molecule has 0 radical (unpaired) electrons. The van der Waals surface area contributed by atoms with Gasteiger partial charge in [0.25, 0.3) is 5.69 Å². The average Bonchev–Trinajstić information content (AvgIpc) is 2.60. The van der Waals surface area contributed by atoms with Crippen LogP contribution in [-0.4, -0.2) is 40.1 Å². The van der Waals surface area contributed by atoms with Crippen LogP contribution in [0.5, 0.6) is 5.75 Å². The van der Waals surface area contributed by atoms with Crippen LogP contribution >= 0.6 is 0 Å². The molecule has 1 fully saturated rings. The highest BCUT2D eigenvalue weighted by Gasteiger charge is 2.27. The van der Waals surface area contributed by atoms with Gasteiger partial charge in [0.05, 0.1) is 4.92 Å². The lowest BCUT2D eigenvalue weighted by molar-refractivity contribution is -0.384. The molecule has 0 aliphatic carbocycles. The maximum atomic E-state index is 12.2. The van der Waals surface area contributed by atoms with Gasteiger partial charge in [0, 0.05) is 31.6 Å².